The molecule has 0 saturated carbocycles. The molecule has 0 amide bonds. The summed E-state index contributed by atoms with van der Waals surface area (Å²) in [6.07, 6.45) is 1.55. The summed E-state index contributed by atoms with van der Waals surface area (Å²) >= 11 is -1.15. The molecule has 0 aliphatic heterocycles. The van der Waals surface area contributed by atoms with Crippen LogP contribution < -0.4 is 10.2 Å². The molecule has 3 aromatic rings. The molecule has 0 aliphatic carbocycles. The van der Waals surface area contributed by atoms with E-state index in [1.807, 2.05) is 0 Å². The van der Waals surface area contributed by atoms with Gasteiger partial charge in [-0.05, 0) is 54.5 Å². The minimum Gasteiger partial charge on any atom is -0.612 e. The van der Waals surface area contributed by atoms with Crippen LogP contribution in [0.4, 0.5) is 8.78 Å². The molecule has 0 unspecified atom stereocenters. The molecular weight excluding hydrogens is 362 g/mol. The van der Waals surface area contributed by atoms with Crippen molar-refractivity contribution in [3.05, 3.63) is 76.1 Å². The van der Waals surface area contributed by atoms with E-state index < -0.39 is 28.2 Å². The van der Waals surface area contributed by atoms with Crippen molar-refractivity contribution in [3.8, 4) is 22.8 Å². The second kappa shape index (κ2) is 7.31. The molecule has 0 radical (unpaired) electrons. The summed E-state index contributed by atoms with van der Waals surface area (Å²) in [7, 11) is 0. The quantitative estimate of drug-likeness (QED) is 0.632. The smallest absolute Gasteiger partial charge is 0.228 e. The van der Waals surface area contributed by atoms with Gasteiger partial charge in [0.15, 0.2) is 22.2 Å². The van der Waals surface area contributed by atoms with Crippen LogP contribution in [-0.4, -0.2) is 10.8 Å². The minimum absolute atomic E-state index is 0.104. The number of halogens is 2. The Kier molecular flexibility index (Phi) is 5.11. The number of rotatable bonds is 4. The summed E-state index contributed by atoms with van der Waals surface area (Å²) in [4.78, 5) is 13.0. The first kappa shape index (κ1) is 18.2. The topological polar surface area (TPSA) is 62.5 Å². The van der Waals surface area contributed by atoms with Crippen molar-refractivity contribution in [1.29, 1.82) is 0 Å². The van der Waals surface area contributed by atoms with Gasteiger partial charge in [0, 0.05) is 17.7 Å². The van der Waals surface area contributed by atoms with Crippen LogP contribution in [0.2, 0.25) is 0 Å². The lowest BCUT2D eigenvalue weighted by molar-refractivity contribution is 0.412. The van der Waals surface area contributed by atoms with Crippen LogP contribution in [0.1, 0.15) is 5.76 Å². The molecule has 1 aromatic heterocycles. The molecule has 0 aliphatic rings. The van der Waals surface area contributed by atoms with Gasteiger partial charge in [-0.2, -0.15) is 0 Å². The molecule has 1 atom stereocenters. The molecule has 1 heterocycles. The van der Waals surface area contributed by atoms with Crippen LogP contribution in [0.5, 0.6) is 11.5 Å². The lowest BCUT2D eigenvalue weighted by Gasteiger charge is -2.12. The molecule has 7 heteroatoms. The third-order valence-electron chi connectivity index (χ3n) is 3.58. The van der Waals surface area contributed by atoms with Gasteiger partial charge in [0.1, 0.15) is 17.8 Å². The largest absolute Gasteiger partial charge is 0.612 e. The molecule has 0 spiro atoms. The SMILES string of the molecule is Cc1cc(=O)c(Oc2ccc(F)cc2F)c(-c2ccc([S@@+](C)[O-])cc2)o1. The molecule has 26 heavy (non-hydrogen) atoms. The molecule has 3 rings (SSSR count). The van der Waals surface area contributed by atoms with Crippen LogP contribution in [0.25, 0.3) is 11.3 Å². The predicted octanol–water partition coefficient (Wildman–Crippen LogP) is 4.42. The fraction of sp³-hybridized carbons (Fsp3) is 0.105. The van der Waals surface area contributed by atoms with Crippen molar-refractivity contribution in [2.24, 2.45) is 0 Å². The molecule has 0 bridgehead atoms. The van der Waals surface area contributed by atoms with E-state index in [-0.39, 0.29) is 17.3 Å². The van der Waals surface area contributed by atoms with E-state index in [0.29, 0.717) is 22.3 Å². The van der Waals surface area contributed by atoms with E-state index in [0.717, 1.165) is 12.1 Å². The molecular formula is C19H14F2O4S. The Morgan fingerprint density at radius 1 is 1.08 bits per heavy atom. The van der Waals surface area contributed by atoms with Crippen LogP contribution >= 0.6 is 0 Å². The average Bonchev–Trinajstić information content (AvgIpc) is 2.59. The number of ether oxygens (including phenoxy) is 1. The van der Waals surface area contributed by atoms with Crippen molar-refractivity contribution in [2.75, 3.05) is 6.26 Å². The maximum Gasteiger partial charge on any atom is 0.228 e. The van der Waals surface area contributed by atoms with Gasteiger partial charge in [-0.25, -0.2) is 8.78 Å². The highest BCUT2D eigenvalue weighted by molar-refractivity contribution is 7.90. The van der Waals surface area contributed by atoms with Gasteiger partial charge in [0.25, 0.3) is 0 Å². The average molecular weight is 376 g/mol. The third-order valence-corrected chi connectivity index (χ3v) is 4.52. The van der Waals surface area contributed by atoms with E-state index in [9.17, 15) is 18.1 Å². The third kappa shape index (κ3) is 3.79. The summed E-state index contributed by atoms with van der Waals surface area (Å²) in [5.41, 5.74) is -0.00635. The second-order valence-corrected chi connectivity index (χ2v) is 6.91. The van der Waals surface area contributed by atoms with Crippen molar-refractivity contribution in [1.82, 2.24) is 0 Å². The number of hydrogen-bond acceptors (Lipinski definition) is 4. The van der Waals surface area contributed by atoms with E-state index >= 15 is 0 Å². The normalized spacial score (nSPS) is 12.0. The zero-order valence-corrected chi connectivity index (χ0v) is 14.7. The number of hydrogen-bond donors (Lipinski definition) is 0. The van der Waals surface area contributed by atoms with Crippen molar-refractivity contribution < 1.29 is 22.5 Å². The highest BCUT2D eigenvalue weighted by Gasteiger charge is 2.18. The fourth-order valence-electron chi connectivity index (χ4n) is 2.35. The van der Waals surface area contributed by atoms with Gasteiger partial charge in [0.2, 0.25) is 11.2 Å². The van der Waals surface area contributed by atoms with E-state index in [1.165, 1.54) is 6.07 Å². The lowest BCUT2D eigenvalue weighted by Crippen LogP contribution is -2.07. The lowest BCUT2D eigenvalue weighted by atomic mass is 10.1. The maximum atomic E-state index is 13.9. The number of aryl methyl sites for hydroxylation is 1. The Bertz CT molecular complexity index is 997. The Morgan fingerprint density at radius 2 is 1.77 bits per heavy atom. The van der Waals surface area contributed by atoms with Crippen molar-refractivity contribution >= 4 is 11.2 Å². The monoisotopic (exact) mass is 376 g/mol. The Balaban J connectivity index is 2.09. The predicted molar refractivity (Wildman–Crippen MR) is 93.9 cm³/mol. The Labute approximate surface area is 151 Å². The summed E-state index contributed by atoms with van der Waals surface area (Å²) < 4.78 is 49.5. The standard InChI is InChI=1S/C19H14F2O4S/c1-11-9-16(22)19(25-17-8-5-13(20)10-15(17)21)18(24-11)12-3-6-14(7-4-12)26(2)23/h3-10H,1-2H3/t26-/m1/s1. The first-order valence-electron chi connectivity index (χ1n) is 7.56. The molecule has 0 N–H and O–H groups in total. The van der Waals surface area contributed by atoms with Gasteiger partial charge in [-0.15, -0.1) is 0 Å². The Morgan fingerprint density at radius 3 is 2.38 bits per heavy atom. The molecule has 0 fully saturated rings. The minimum atomic E-state index is -1.15. The van der Waals surface area contributed by atoms with Crippen molar-refractivity contribution in [2.45, 2.75) is 11.8 Å². The van der Waals surface area contributed by atoms with Crippen LogP contribution in [0.3, 0.4) is 0 Å². The van der Waals surface area contributed by atoms with Gasteiger partial charge >= 0.3 is 0 Å². The highest BCUT2D eigenvalue weighted by Crippen LogP contribution is 2.33. The molecule has 134 valence electrons. The molecule has 0 saturated heterocycles. The Hall–Kier alpha value is -2.64. The van der Waals surface area contributed by atoms with Crippen LogP contribution in [-0.2, 0) is 11.2 Å². The van der Waals surface area contributed by atoms with Gasteiger partial charge < -0.3 is 13.7 Å². The highest BCUT2D eigenvalue weighted by atomic mass is 32.2. The van der Waals surface area contributed by atoms with Gasteiger partial charge in [-0.3, -0.25) is 4.79 Å². The van der Waals surface area contributed by atoms with Gasteiger partial charge in [-0.1, -0.05) is 0 Å². The molecule has 4 nitrogen and oxygen atoms in total. The number of benzene rings is 2. The zero-order chi connectivity index (χ0) is 18.8. The first-order valence-corrected chi connectivity index (χ1v) is 9.12. The van der Waals surface area contributed by atoms with Crippen molar-refractivity contribution in [3.63, 3.8) is 0 Å². The van der Waals surface area contributed by atoms with Gasteiger partial charge in [0.05, 0.1) is 0 Å². The zero-order valence-electron chi connectivity index (χ0n) is 13.9. The van der Waals surface area contributed by atoms with E-state index in [4.69, 9.17) is 9.15 Å². The van der Waals surface area contributed by atoms with E-state index in [2.05, 4.69) is 0 Å². The van der Waals surface area contributed by atoms with Crippen LogP contribution in [0, 0.1) is 18.6 Å². The van der Waals surface area contributed by atoms with Crippen LogP contribution in [0.15, 0.2) is 62.6 Å². The summed E-state index contributed by atoms with van der Waals surface area (Å²) in [5.74, 6) is -1.75. The summed E-state index contributed by atoms with van der Waals surface area (Å²) in [5, 5.41) is 0. The van der Waals surface area contributed by atoms with E-state index in [1.54, 1.807) is 37.4 Å². The maximum absolute atomic E-state index is 13.9. The summed E-state index contributed by atoms with van der Waals surface area (Å²) in [6.45, 7) is 1.60. The first-order chi connectivity index (χ1) is 12.3. The fourth-order valence-corrected chi connectivity index (χ4v) is 2.87. The summed E-state index contributed by atoms with van der Waals surface area (Å²) in [6, 6.07) is 10.5. The second-order valence-electron chi connectivity index (χ2n) is 5.53. The molecule has 2 aromatic carbocycles.